The molecule has 4 nitrogen and oxygen atoms in total. The normalized spacial score (nSPS) is 10.4. The van der Waals surface area contributed by atoms with E-state index in [1.54, 1.807) is 18.7 Å². The molecule has 2 heterocycles. The van der Waals surface area contributed by atoms with Crippen molar-refractivity contribution >= 4 is 16.5 Å². The number of nitrogens with zero attached hydrogens (tertiary/aromatic N) is 3. The quantitative estimate of drug-likeness (QED) is 0.759. The number of aromatic nitrogens is 3. The van der Waals surface area contributed by atoms with Gasteiger partial charge in [0, 0.05) is 35.1 Å². The summed E-state index contributed by atoms with van der Waals surface area (Å²) in [5.74, 6) is 0. The van der Waals surface area contributed by atoms with Crippen molar-refractivity contribution in [3.63, 3.8) is 0 Å². The van der Waals surface area contributed by atoms with Gasteiger partial charge in [-0.3, -0.25) is 4.98 Å². The van der Waals surface area contributed by atoms with Gasteiger partial charge in [0.15, 0.2) is 0 Å². The van der Waals surface area contributed by atoms with E-state index in [-0.39, 0.29) is 0 Å². The number of fused-ring (bicyclic) bond motifs is 1. The first-order valence-corrected chi connectivity index (χ1v) is 5.75. The maximum Gasteiger partial charge on any atom is 0.115 e. The smallest absolute Gasteiger partial charge is 0.115 e. The van der Waals surface area contributed by atoms with Crippen LogP contribution in [0.4, 0.5) is 5.69 Å². The first-order chi connectivity index (χ1) is 8.93. The highest BCUT2D eigenvalue weighted by Crippen LogP contribution is 2.22. The third-order valence-corrected chi connectivity index (χ3v) is 2.78. The van der Waals surface area contributed by atoms with Crippen LogP contribution in [0.1, 0.15) is 5.69 Å². The zero-order valence-corrected chi connectivity index (χ0v) is 9.74. The molecule has 0 radical (unpaired) electrons. The fourth-order valence-electron chi connectivity index (χ4n) is 1.89. The van der Waals surface area contributed by atoms with Crippen molar-refractivity contribution in [2.24, 2.45) is 0 Å². The van der Waals surface area contributed by atoms with Crippen molar-refractivity contribution < 1.29 is 0 Å². The molecule has 0 aliphatic heterocycles. The van der Waals surface area contributed by atoms with Crippen molar-refractivity contribution in [1.82, 2.24) is 15.0 Å². The van der Waals surface area contributed by atoms with E-state index in [4.69, 9.17) is 0 Å². The topological polar surface area (TPSA) is 50.7 Å². The molecule has 0 amide bonds. The highest BCUT2D eigenvalue weighted by molar-refractivity contribution is 5.93. The number of anilines is 1. The van der Waals surface area contributed by atoms with E-state index in [2.05, 4.69) is 32.4 Å². The van der Waals surface area contributed by atoms with E-state index < -0.39 is 0 Å². The molecule has 0 atom stereocenters. The van der Waals surface area contributed by atoms with E-state index in [9.17, 15) is 0 Å². The standard InChI is InChI=1S/C14H12N4/c1-2-11-8-15-7-5-13(11)14(3-1)17-9-12-4-6-16-10-18-12/h1-8,10,17H,9H2. The van der Waals surface area contributed by atoms with E-state index in [1.807, 2.05) is 24.4 Å². The summed E-state index contributed by atoms with van der Waals surface area (Å²) in [5.41, 5.74) is 2.06. The fraction of sp³-hybridized carbons (Fsp3) is 0.0714. The minimum atomic E-state index is 0.684. The Balaban J connectivity index is 1.87. The van der Waals surface area contributed by atoms with E-state index >= 15 is 0 Å². The molecule has 2 aromatic heterocycles. The Morgan fingerprint density at radius 1 is 1.00 bits per heavy atom. The Labute approximate surface area is 105 Å². The van der Waals surface area contributed by atoms with Gasteiger partial charge in [-0.25, -0.2) is 9.97 Å². The Morgan fingerprint density at radius 2 is 1.94 bits per heavy atom. The third kappa shape index (κ3) is 2.13. The van der Waals surface area contributed by atoms with Gasteiger partial charge in [0.25, 0.3) is 0 Å². The second-order valence-electron chi connectivity index (χ2n) is 3.96. The average Bonchev–Trinajstić information content (AvgIpc) is 2.46. The predicted octanol–water partition coefficient (Wildman–Crippen LogP) is 2.64. The van der Waals surface area contributed by atoms with Crippen molar-refractivity contribution in [1.29, 1.82) is 0 Å². The van der Waals surface area contributed by atoms with Gasteiger partial charge in [-0.05, 0) is 18.2 Å². The summed E-state index contributed by atoms with van der Waals surface area (Å²) in [4.78, 5) is 12.2. The molecule has 0 unspecified atom stereocenters. The second kappa shape index (κ2) is 4.79. The number of pyridine rings is 1. The number of hydrogen-bond donors (Lipinski definition) is 1. The van der Waals surface area contributed by atoms with Crippen LogP contribution < -0.4 is 5.32 Å². The van der Waals surface area contributed by atoms with E-state index in [0.29, 0.717) is 6.54 Å². The Bertz CT molecular complexity index is 647. The maximum absolute atomic E-state index is 4.19. The minimum Gasteiger partial charge on any atom is -0.379 e. The molecule has 18 heavy (non-hydrogen) atoms. The SMILES string of the molecule is c1cc(NCc2ccncn2)c2ccncc2c1. The lowest BCUT2D eigenvalue weighted by Gasteiger charge is -2.08. The molecule has 4 heteroatoms. The Morgan fingerprint density at radius 3 is 2.83 bits per heavy atom. The number of benzene rings is 1. The van der Waals surface area contributed by atoms with Gasteiger partial charge in [-0.1, -0.05) is 12.1 Å². The van der Waals surface area contributed by atoms with Crippen LogP contribution in [0.2, 0.25) is 0 Å². The largest absolute Gasteiger partial charge is 0.379 e. The third-order valence-electron chi connectivity index (χ3n) is 2.78. The Kier molecular flexibility index (Phi) is 2.84. The molecule has 0 fully saturated rings. The van der Waals surface area contributed by atoms with Crippen LogP contribution in [-0.2, 0) is 6.54 Å². The van der Waals surface area contributed by atoms with Crippen LogP contribution in [0.5, 0.6) is 0 Å². The van der Waals surface area contributed by atoms with Crippen molar-refractivity contribution in [3.05, 3.63) is 60.9 Å². The molecular weight excluding hydrogens is 224 g/mol. The van der Waals surface area contributed by atoms with Gasteiger partial charge >= 0.3 is 0 Å². The summed E-state index contributed by atoms with van der Waals surface area (Å²) in [7, 11) is 0. The molecule has 88 valence electrons. The molecule has 0 saturated carbocycles. The summed E-state index contributed by atoms with van der Waals surface area (Å²) in [6, 6.07) is 10.0. The lowest BCUT2D eigenvalue weighted by molar-refractivity contribution is 1.01. The van der Waals surface area contributed by atoms with Crippen LogP contribution in [0.3, 0.4) is 0 Å². The second-order valence-corrected chi connectivity index (χ2v) is 3.96. The summed E-state index contributed by atoms with van der Waals surface area (Å²) >= 11 is 0. The van der Waals surface area contributed by atoms with Gasteiger partial charge in [-0.15, -0.1) is 0 Å². The molecule has 1 N–H and O–H groups in total. The van der Waals surface area contributed by atoms with Gasteiger partial charge in [0.05, 0.1) is 12.2 Å². The fourth-order valence-corrected chi connectivity index (χ4v) is 1.89. The molecule has 0 saturated heterocycles. The van der Waals surface area contributed by atoms with Crippen molar-refractivity contribution in [2.75, 3.05) is 5.32 Å². The summed E-state index contributed by atoms with van der Waals surface area (Å²) in [5, 5.41) is 5.68. The van der Waals surface area contributed by atoms with E-state index in [0.717, 1.165) is 16.8 Å². The zero-order chi connectivity index (χ0) is 12.2. The first kappa shape index (κ1) is 10.7. The highest BCUT2D eigenvalue weighted by atomic mass is 14.9. The molecule has 3 rings (SSSR count). The first-order valence-electron chi connectivity index (χ1n) is 5.75. The molecule has 1 aromatic carbocycles. The van der Waals surface area contributed by atoms with Crippen LogP contribution in [-0.4, -0.2) is 15.0 Å². The van der Waals surface area contributed by atoms with Crippen LogP contribution in [0.15, 0.2) is 55.2 Å². The molecular formula is C14H12N4. The summed E-state index contributed by atoms with van der Waals surface area (Å²) < 4.78 is 0. The van der Waals surface area contributed by atoms with Gasteiger partial charge < -0.3 is 5.32 Å². The maximum atomic E-state index is 4.19. The van der Waals surface area contributed by atoms with E-state index in [1.165, 1.54) is 5.39 Å². The molecule has 0 aliphatic carbocycles. The van der Waals surface area contributed by atoms with Gasteiger partial charge in [0.1, 0.15) is 6.33 Å². The number of rotatable bonds is 3. The van der Waals surface area contributed by atoms with Crippen molar-refractivity contribution in [3.8, 4) is 0 Å². The molecule has 0 spiro atoms. The van der Waals surface area contributed by atoms with Crippen LogP contribution in [0, 0.1) is 0 Å². The lowest BCUT2D eigenvalue weighted by atomic mass is 10.1. The number of nitrogens with one attached hydrogen (secondary N) is 1. The summed E-state index contributed by atoms with van der Waals surface area (Å²) in [6.45, 7) is 0.684. The number of hydrogen-bond acceptors (Lipinski definition) is 4. The Hall–Kier alpha value is -2.49. The van der Waals surface area contributed by atoms with Gasteiger partial charge in [-0.2, -0.15) is 0 Å². The summed E-state index contributed by atoms with van der Waals surface area (Å²) in [6.07, 6.45) is 6.98. The van der Waals surface area contributed by atoms with Crippen molar-refractivity contribution in [2.45, 2.75) is 6.54 Å². The zero-order valence-electron chi connectivity index (χ0n) is 9.74. The monoisotopic (exact) mass is 236 g/mol. The molecule has 0 bridgehead atoms. The molecule has 3 aromatic rings. The minimum absolute atomic E-state index is 0.684. The van der Waals surface area contributed by atoms with Gasteiger partial charge in [0.2, 0.25) is 0 Å². The predicted molar refractivity (Wildman–Crippen MR) is 71.1 cm³/mol. The van der Waals surface area contributed by atoms with Crippen LogP contribution in [0.25, 0.3) is 10.8 Å². The lowest BCUT2D eigenvalue weighted by Crippen LogP contribution is -2.02. The molecule has 0 aliphatic rings. The van der Waals surface area contributed by atoms with Crippen LogP contribution >= 0.6 is 0 Å². The highest BCUT2D eigenvalue weighted by Gasteiger charge is 2.00. The average molecular weight is 236 g/mol.